The average molecular weight is 236 g/mol. The van der Waals surface area contributed by atoms with Gasteiger partial charge in [-0.25, -0.2) is 0 Å². The second kappa shape index (κ2) is 3.98. The second-order valence-corrected chi connectivity index (χ2v) is 6.73. The van der Waals surface area contributed by atoms with Crippen molar-refractivity contribution in [3.05, 3.63) is 0 Å². The lowest BCUT2D eigenvalue weighted by Gasteiger charge is -2.29. The van der Waals surface area contributed by atoms with Gasteiger partial charge in [-0.15, -0.1) is 0 Å². The number of fused-ring (bicyclic) bond motifs is 1. The molecule has 0 aromatic heterocycles. The maximum absolute atomic E-state index is 12.4. The van der Waals surface area contributed by atoms with Crippen LogP contribution in [0.2, 0.25) is 0 Å². The number of hydrogen-bond acceptors (Lipinski definition) is 2. The first-order chi connectivity index (χ1) is 8.08. The van der Waals surface area contributed by atoms with Gasteiger partial charge in [-0.2, -0.15) is 0 Å². The van der Waals surface area contributed by atoms with Crippen LogP contribution in [0.25, 0.3) is 0 Å². The van der Waals surface area contributed by atoms with Crippen molar-refractivity contribution in [1.82, 2.24) is 10.6 Å². The molecular formula is C14H24N2O. The van der Waals surface area contributed by atoms with Crippen LogP contribution in [0.15, 0.2) is 0 Å². The molecule has 1 amide bonds. The van der Waals surface area contributed by atoms with Crippen LogP contribution < -0.4 is 10.6 Å². The summed E-state index contributed by atoms with van der Waals surface area (Å²) in [6, 6.07) is 0.0838. The lowest BCUT2D eigenvalue weighted by Crippen LogP contribution is -2.53. The Balaban J connectivity index is 1.62. The Kier molecular flexibility index (Phi) is 2.69. The molecule has 1 saturated heterocycles. The third-order valence-electron chi connectivity index (χ3n) is 5.07. The molecule has 3 fully saturated rings. The zero-order valence-electron chi connectivity index (χ0n) is 11.0. The molecule has 3 rings (SSSR count). The molecule has 0 bridgehead atoms. The Morgan fingerprint density at radius 1 is 1.24 bits per heavy atom. The van der Waals surface area contributed by atoms with Crippen LogP contribution in [0.1, 0.15) is 46.0 Å². The molecule has 3 nitrogen and oxygen atoms in total. The topological polar surface area (TPSA) is 41.1 Å². The van der Waals surface area contributed by atoms with Gasteiger partial charge in [0.2, 0.25) is 5.91 Å². The first-order valence-electron chi connectivity index (χ1n) is 7.13. The van der Waals surface area contributed by atoms with E-state index < -0.39 is 0 Å². The Hall–Kier alpha value is -0.570. The molecule has 0 spiro atoms. The monoisotopic (exact) mass is 236 g/mol. The second-order valence-electron chi connectivity index (χ2n) is 6.73. The molecule has 3 unspecified atom stereocenters. The molecule has 0 aromatic carbocycles. The largest absolute Gasteiger partial charge is 0.350 e. The Labute approximate surface area is 104 Å². The molecule has 3 atom stereocenters. The van der Waals surface area contributed by atoms with Gasteiger partial charge in [0.25, 0.3) is 0 Å². The van der Waals surface area contributed by atoms with Crippen molar-refractivity contribution in [2.24, 2.45) is 17.8 Å². The number of rotatable bonds is 3. The molecule has 3 heteroatoms. The van der Waals surface area contributed by atoms with Gasteiger partial charge in [0.05, 0.1) is 6.04 Å². The quantitative estimate of drug-likeness (QED) is 0.783. The summed E-state index contributed by atoms with van der Waals surface area (Å²) in [7, 11) is 0. The highest BCUT2D eigenvalue weighted by Gasteiger charge is 2.45. The molecule has 0 radical (unpaired) electrons. The van der Waals surface area contributed by atoms with Gasteiger partial charge >= 0.3 is 0 Å². The Bertz CT molecular complexity index is 322. The number of carbonyl (C=O) groups excluding carboxylic acids is 1. The first-order valence-corrected chi connectivity index (χ1v) is 7.13. The molecule has 0 aromatic rings. The summed E-state index contributed by atoms with van der Waals surface area (Å²) in [6.45, 7) is 5.39. The smallest absolute Gasteiger partial charge is 0.237 e. The lowest BCUT2D eigenvalue weighted by molar-refractivity contribution is -0.125. The van der Waals surface area contributed by atoms with Crippen molar-refractivity contribution in [3.63, 3.8) is 0 Å². The summed E-state index contributed by atoms with van der Waals surface area (Å²) >= 11 is 0. The van der Waals surface area contributed by atoms with Crippen molar-refractivity contribution in [2.75, 3.05) is 6.54 Å². The minimum absolute atomic E-state index is 0.00451. The van der Waals surface area contributed by atoms with Gasteiger partial charge in [-0.3, -0.25) is 4.79 Å². The molecule has 96 valence electrons. The van der Waals surface area contributed by atoms with Crippen molar-refractivity contribution in [2.45, 2.75) is 57.5 Å². The fraction of sp³-hybridized carbons (Fsp3) is 0.929. The summed E-state index contributed by atoms with van der Waals surface area (Å²) in [5.74, 6) is 2.31. The SMILES string of the molecule is CC(C)(NC(=O)C1NCC2CCCC21)C1CC1. The van der Waals surface area contributed by atoms with Crippen LogP contribution in [-0.4, -0.2) is 24.0 Å². The van der Waals surface area contributed by atoms with E-state index in [1.165, 1.54) is 32.1 Å². The summed E-state index contributed by atoms with van der Waals surface area (Å²) in [6.07, 6.45) is 6.41. The van der Waals surface area contributed by atoms with E-state index in [-0.39, 0.29) is 17.5 Å². The highest BCUT2D eigenvalue weighted by atomic mass is 16.2. The van der Waals surface area contributed by atoms with Gasteiger partial charge in [-0.05, 0) is 63.8 Å². The predicted molar refractivity (Wildman–Crippen MR) is 67.6 cm³/mol. The van der Waals surface area contributed by atoms with E-state index in [4.69, 9.17) is 0 Å². The van der Waals surface area contributed by atoms with E-state index >= 15 is 0 Å². The van der Waals surface area contributed by atoms with Crippen molar-refractivity contribution >= 4 is 5.91 Å². The molecule has 2 saturated carbocycles. The van der Waals surface area contributed by atoms with Gasteiger partial charge in [0, 0.05) is 5.54 Å². The molecule has 1 heterocycles. The molecule has 2 N–H and O–H groups in total. The van der Waals surface area contributed by atoms with Crippen LogP contribution in [0.3, 0.4) is 0 Å². The zero-order chi connectivity index (χ0) is 12.0. The zero-order valence-corrected chi connectivity index (χ0v) is 11.0. The summed E-state index contributed by atoms with van der Waals surface area (Å²) in [5.41, 5.74) is -0.00451. The predicted octanol–water partition coefficient (Wildman–Crippen LogP) is 1.68. The normalized spacial score (nSPS) is 36.9. The van der Waals surface area contributed by atoms with E-state index in [2.05, 4.69) is 24.5 Å². The highest BCUT2D eigenvalue weighted by molar-refractivity contribution is 5.83. The number of amides is 1. The number of hydrogen-bond donors (Lipinski definition) is 2. The maximum atomic E-state index is 12.4. The highest BCUT2D eigenvalue weighted by Crippen LogP contribution is 2.41. The van der Waals surface area contributed by atoms with E-state index in [1.807, 2.05) is 0 Å². The van der Waals surface area contributed by atoms with Gasteiger partial charge in [0.15, 0.2) is 0 Å². The summed E-state index contributed by atoms with van der Waals surface area (Å²) < 4.78 is 0. The van der Waals surface area contributed by atoms with Crippen LogP contribution >= 0.6 is 0 Å². The van der Waals surface area contributed by atoms with Crippen molar-refractivity contribution in [1.29, 1.82) is 0 Å². The molecule has 3 aliphatic rings. The number of nitrogens with one attached hydrogen (secondary N) is 2. The third-order valence-corrected chi connectivity index (χ3v) is 5.07. The van der Waals surface area contributed by atoms with Crippen molar-refractivity contribution < 1.29 is 4.79 Å². The van der Waals surface area contributed by atoms with Crippen LogP contribution in [0.5, 0.6) is 0 Å². The first kappa shape index (κ1) is 11.5. The molecule has 17 heavy (non-hydrogen) atoms. The van der Waals surface area contributed by atoms with Gasteiger partial charge < -0.3 is 10.6 Å². The molecular weight excluding hydrogens is 212 g/mol. The molecule has 1 aliphatic heterocycles. The van der Waals surface area contributed by atoms with E-state index in [0.717, 1.165) is 12.5 Å². The maximum Gasteiger partial charge on any atom is 0.237 e. The van der Waals surface area contributed by atoms with E-state index in [0.29, 0.717) is 11.8 Å². The fourth-order valence-electron chi connectivity index (χ4n) is 3.78. The summed E-state index contributed by atoms with van der Waals surface area (Å²) in [5, 5.41) is 6.70. The van der Waals surface area contributed by atoms with E-state index in [9.17, 15) is 4.79 Å². The fourth-order valence-corrected chi connectivity index (χ4v) is 3.78. The summed E-state index contributed by atoms with van der Waals surface area (Å²) in [4.78, 5) is 12.4. The average Bonchev–Trinajstić information content (AvgIpc) is 2.88. The van der Waals surface area contributed by atoms with Crippen LogP contribution in [0, 0.1) is 17.8 Å². The van der Waals surface area contributed by atoms with Gasteiger partial charge in [0.1, 0.15) is 0 Å². The van der Waals surface area contributed by atoms with Gasteiger partial charge in [-0.1, -0.05) is 6.42 Å². The Morgan fingerprint density at radius 3 is 2.71 bits per heavy atom. The minimum Gasteiger partial charge on any atom is -0.350 e. The lowest BCUT2D eigenvalue weighted by atomic mass is 9.92. The minimum atomic E-state index is -0.00451. The molecule has 2 aliphatic carbocycles. The number of carbonyl (C=O) groups is 1. The Morgan fingerprint density at radius 2 is 2.00 bits per heavy atom. The van der Waals surface area contributed by atoms with Crippen LogP contribution in [0.4, 0.5) is 0 Å². The van der Waals surface area contributed by atoms with Crippen LogP contribution in [-0.2, 0) is 4.79 Å². The van der Waals surface area contributed by atoms with E-state index in [1.54, 1.807) is 0 Å². The standard InChI is InChI=1S/C14H24N2O/c1-14(2,10-6-7-10)16-13(17)12-11-5-3-4-9(11)8-15-12/h9-12,15H,3-8H2,1-2H3,(H,16,17). The van der Waals surface area contributed by atoms with Crippen molar-refractivity contribution in [3.8, 4) is 0 Å². The third kappa shape index (κ3) is 2.10.